The van der Waals surface area contributed by atoms with E-state index in [0.29, 0.717) is 22.0 Å². The Bertz CT molecular complexity index is 691. The number of nitrogens with zero attached hydrogens (tertiary/aromatic N) is 1. The quantitative estimate of drug-likeness (QED) is 0.711. The minimum Gasteiger partial charge on any atom is -0.462 e. The molecule has 0 bridgehead atoms. The molecule has 2 N–H and O–H groups in total. The van der Waals surface area contributed by atoms with Gasteiger partial charge in [0.1, 0.15) is 5.00 Å². The summed E-state index contributed by atoms with van der Waals surface area (Å²) >= 11 is 1.14. The van der Waals surface area contributed by atoms with E-state index >= 15 is 0 Å². The summed E-state index contributed by atoms with van der Waals surface area (Å²) in [5, 5.41) is 3.26. The first kappa shape index (κ1) is 21.4. The number of esters is 1. The molecule has 0 saturated carbocycles. The molecule has 2 rings (SSSR count). The molecule has 0 aliphatic carbocycles. The van der Waals surface area contributed by atoms with Gasteiger partial charge in [-0.05, 0) is 45.1 Å². The van der Waals surface area contributed by atoms with E-state index in [1.54, 1.807) is 27.9 Å². The standard InChI is InChI=1S/C19H29N3O4S/c1-5-26-19(25)15-13(2)16(18(24)21(3)4)27-17(15)20-14(23)12-22-10-8-6-7-9-11-22/h5-12H2,1-4H3,(H,20,23)/p+1. The van der Waals surface area contributed by atoms with Crippen molar-refractivity contribution < 1.29 is 24.0 Å². The summed E-state index contributed by atoms with van der Waals surface area (Å²) in [6, 6.07) is 0. The SMILES string of the molecule is CCOC(=O)c1c(NC(=O)C[NH+]2CCCCCC2)sc(C(=O)N(C)C)c1C. The Morgan fingerprint density at radius 1 is 1.15 bits per heavy atom. The number of hydrogen-bond acceptors (Lipinski definition) is 5. The monoisotopic (exact) mass is 396 g/mol. The third-order valence-electron chi connectivity index (χ3n) is 4.70. The molecule has 0 spiro atoms. The maximum Gasteiger partial charge on any atom is 0.341 e. The van der Waals surface area contributed by atoms with Gasteiger partial charge in [-0.3, -0.25) is 9.59 Å². The summed E-state index contributed by atoms with van der Waals surface area (Å²) in [4.78, 5) is 40.6. The van der Waals surface area contributed by atoms with Crippen molar-refractivity contribution in [3.05, 3.63) is 16.0 Å². The van der Waals surface area contributed by atoms with Crippen LogP contribution in [0.3, 0.4) is 0 Å². The van der Waals surface area contributed by atoms with Gasteiger partial charge in [0.25, 0.3) is 11.8 Å². The molecule has 1 aromatic heterocycles. The second-order valence-electron chi connectivity index (χ2n) is 7.07. The van der Waals surface area contributed by atoms with E-state index in [4.69, 9.17) is 4.74 Å². The molecule has 0 unspecified atom stereocenters. The van der Waals surface area contributed by atoms with Crippen LogP contribution >= 0.6 is 11.3 Å². The highest BCUT2D eigenvalue weighted by atomic mass is 32.1. The summed E-state index contributed by atoms with van der Waals surface area (Å²) in [5.74, 6) is -0.842. The maximum absolute atomic E-state index is 12.6. The van der Waals surface area contributed by atoms with Crippen molar-refractivity contribution in [2.75, 3.05) is 45.7 Å². The smallest absolute Gasteiger partial charge is 0.341 e. The van der Waals surface area contributed by atoms with Crippen LogP contribution in [0, 0.1) is 6.92 Å². The number of likely N-dealkylation sites (tertiary alicyclic amines) is 1. The number of carbonyl (C=O) groups is 3. The van der Waals surface area contributed by atoms with Crippen molar-refractivity contribution in [1.82, 2.24) is 4.90 Å². The third-order valence-corrected chi connectivity index (χ3v) is 5.90. The van der Waals surface area contributed by atoms with E-state index in [1.807, 2.05) is 0 Å². The fraction of sp³-hybridized carbons (Fsp3) is 0.632. The molecule has 0 aromatic carbocycles. The van der Waals surface area contributed by atoms with Gasteiger partial charge in [-0.1, -0.05) is 0 Å². The molecule has 0 radical (unpaired) electrons. The number of quaternary nitrogens is 1. The highest BCUT2D eigenvalue weighted by Crippen LogP contribution is 2.34. The predicted molar refractivity (Wildman–Crippen MR) is 106 cm³/mol. The summed E-state index contributed by atoms with van der Waals surface area (Å²) in [6.07, 6.45) is 4.71. The zero-order valence-electron chi connectivity index (χ0n) is 16.6. The van der Waals surface area contributed by atoms with Gasteiger partial charge < -0.3 is 19.9 Å². The Hall–Kier alpha value is -1.93. The molecule has 8 heteroatoms. The lowest BCUT2D eigenvalue weighted by Gasteiger charge is -2.16. The normalized spacial score (nSPS) is 15.1. The van der Waals surface area contributed by atoms with Gasteiger partial charge in [0, 0.05) is 14.1 Å². The van der Waals surface area contributed by atoms with E-state index in [-0.39, 0.29) is 24.0 Å². The summed E-state index contributed by atoms with van der Waals surface area (Å²) in [6.45, 7) is 6.03. The molecule has 2 heterocycles. The van der Waals surface area contributed by atoms with Crippen LogP contribution in [-0.4, -0.2) is 63.0 Å². The number of anilines is 1. The van der Waals surface area contributed by atoms with Gasteiger partial charge in [-0.2, -0.15) is 0 Å². The molecular weight excluding hydrogens is 366 g/mol. The van der Waals surface area contributed by atoms with E-state index < -0.39 is 5.97 Å². The third kappa shape index (κ3) is 5.52. The van der Waals surface area contributed by atoms with E-state index in [9.17, 15) is 14.4 Å². The Morgan fingerprint density at radius 2 is 1.78 bits per heavy atom. The van der Waals surface area contributed by atoms with Crippen LogP contribution < -0.4 is 10.2 Å². The molecular formula is C19H30N3O4S+. The van der Waals surface area contributed by atoms with Crippen LogP contribution in [0.4, 0.5) is 5.00 Å². The lowest BCUT2D eigenvalue weighted by atomic mass is 10.1. The van der Waals surface area contributed by atoms with Crippen LogP contribution in [0.1, 0.15) is 58.2 Å². The lowest BCUT2D eigenvalue weighted by molar-refractivity contribution is -0.890. The fourth-order valence-electron chi connectivity index (χ4n) is 3.26. The van der Waals surface area contributed by atoms with E-state index in [2.05, 4.69) is 5.32 Å². The Labute approximate surface area is 164 Å². The molecule has 1 fully saturated rings. The average Bonchev–Trinajstić information content (AvgIpc) is 2.76. The lowest BCUT2D eigenvalue weighted by Crippen LogP contribution is -3.12. The first-order valence-corrected chi connectivity index (χ1v) is 10.3. The zero-order chi connectivity index (χ0) is 20.0. The molecule has 150 valence electrons. The molecule has 1 aliphatic heterocycles. The number of thiophene rings is 1. The van der Waals surface area contributed by atoms with Gasteiger partial charge in [-0.15, -0.1) is 11.3 Å². The Morgan fingerprint density at radius 3 is 2.33 bits per heavy atom. The van der Waals surface area contributed by atoms with Crippen molar-refractivity contribution >= 4 is 34.1 Å². The summed E-state index contributed by atoms with van der Waals surface area (Å²) in [7, 11) is 3.32. The summed E-state index contributed by atoms with van der Waals surface area (Å²) in [5.41, 5.74) is 0.834. The van der Waals surface area contributed by atoms with Crippen molar-refractivity contribution in [2.24, 2.45) is 0 Å². The van der Waals surface area contributed by atoms with Crippen molar-refractivity contribution in [3.8, 4) is 0 Å². The molecule has 2 amide bonds. The first-order valence-electron chi connectivity index (χ1n) is 9.50. The van der Waals surface area contributed by atoms with Gasteiger partial charge >= 0.3 is 5.97 Å². The number of amides is 2. The van der Waals surface area contributed by atoms with Crippen molar-refractivity contribution in [2.45, 2.75) is 39.5 Å². The number of rotatable bonds is 6. The highest BCUT2D eigenvalue weighted by molar-refractivity contribution is 7.18. The molecule has 1 aromatic rings. The zero-order valence-corrected chi connectivity index (χ0v) is 17.5. The largest absolute Gasteiger partial charge is 0.462 e. The van der Waals surface area contributed by atoms with Gasteiger partial charge in [0.2, 0.25) is 0 Å². The average molecular weight is 397 g/mol. The fourth-order valence-corrected chi connectivity index (χ4v) is 4.49. The van der Waals surface area contributed by atoms with E-state index in [0.717, 1.165) is 37.3 Å². The van der Waals surface area contributed by atoms with Crippen LogP contribution in [0.15, 0.2) is 0 Å². The van der Waals surface area contributed by atoms with Crippen LogP contribution in [-0.2, 0) is 9.53 Å². The molecule has 0 atom stereocenters. The number of carbonyl (C=O) groups excluding carboxylic acids is 3. The van der Waals surface area contributed by atoms with Gasteiger partial charge in [0.05, 0.1) is 30.1 Å². The maximum atomic E-state index is 12.6. The minimum atomic E-state index is -0.513. The first-order chi connectivity index (χ1) is 12.8. The van der Waals surface area contributed by atoms with Gasteiger partial charge in [-0.25, -0.2) is 4.79 Å². The number of hydrogen-bond donors (Lipinski definition) is 2. The van der Waals surface area contributed by atoms with Crippen molar-refractivity contribution in [3.63, 3.8) is 0 Å². The molecule has 27 heavy (non-hydrogen) atoms. The predicted octanol–water partition coefficient (Wildman–Crippen LogP) is 1.33. The summed E-state index contributed by atoms with van der Waals surface area (Å²) < 4.78 is 5.14. The number of nitrogens with one attached hydrogen (secondary N) is 2. The van der Waals surface area contributed by atoms with Crippen LogP contribution in [0.25, 0.3) is 0 Å². The highest BCUT2D eigenvalue weighted by Gasteiger charge is 2.28. The van der Waals surface area contributed by atoms with Gasteiger partial charge in [0.15, 0.2) is 6.54 Å². The minimum absolute atomic E-state index is 0.137. The Kier molecular flexibility index (Phi) is 7.79. The van der Waals surface area contributed by atoms with Crippen LogP contribution in [0.5, 0.6) is 0 Å². The molecule has 1 saturated heterocycles. The van der Waals surface area contributed by atoms with E-state index in [1.165, 1.54) is 22.6 Å². The Balaban J connectivity index is 2.22. The second-order valence-corrected chi connectivity index (χ2v) is 8.09. The topological polar surface area (TPSA) is 80.1 Å². The number of ether oxygens (including phenoxy) is 1. The van der Waals surface area contributed by atoms with Crippen LogP contribution in [0.2, 0.25) is 0 Å². The van der Waals surface area contributed by atoms with Crippen molar-refractivity contribution in [1.29, 1.82) is 0 Å². The molecule has 7 nitrogen and oxygen atoms in total. The second kappa shape index (κ2) is 9.85. The molecule has 1 aliphatic rings.